The van der Waals surface area contributed by atoms with Crippen LogP contribution >= 0.6 is 23.1 Å². The summed E-state index contributed by atoms with van der Waals surface area (Å²) < 4.78 is 0. The van der Waals surface area contributed by atoms with E-state index in [9.17, 15) is 9.59 Å². The van der Waals surface area contributed by atoms with E-state index in [1.54, 1.807) is 23.2 Å². The Morgan fingerprint density at radius 3 is 2.76 bits per heavy atom. The van der Waals surface area contributed by atoms with E-state index in [0.29, 0.717) is 24.0 Å². The molecule has 2 heterocycles. The van der Waals surface area contributed by atoms with Gasteiger partial charge in [0, 0.05) is 31.1 Å². The van der Waals surface area contributed by atoms with Crippen LogP contribution < -0.4 is 4.90 Å². The Labute approximate surface area is 132 Å². The van der Waals surface area contributed by atoms with Crippen LogP contribution in [0, 0.1) is 0 Å². The van der Waals surface area contributed by atoms with Crippen molar-refractivity contribution in [3.05, 3.63) is 5.01 Å². The first-order valence-corrected chi connectivity index (χ1v) is 9.14. The van der Waals surface area contributed by atoms with Gasteiger partial charge in [0.25, 0.3) is 0 Å². The summed E-state index contributed by atoms with van der Waals surface area (Å²) in [6.45, 7) is 2.12. The second-order valence-corrected chi connectivity index (χ2v) is 8.16. The molecular weight excluding hydrogens is 306 g/mol. The zero-order valence-corrected chi connectivity index (χ0v) is 13.7. The smallest absolute Gasteiger partial charge is 0.230 e. The zero-order chi connectivity index (χ0) is 14.8. The maximum Gasteiger partial charge on any atom is 0.230 e. The van der Waals surface area contributed by atoms with E-state index in [2.05, 4.69) is 10.2 Å². The maximum atomic E-state index is 12.1. The van der Waals surface area contributed by atoms with Crippen molar-refractivity contribution in [1.29, 1.82) is 0 Å². The Kier molecular flexibility index (Phi) is 4.59. The standard InChI is InChI=1S/C14H19N3O2S2/c1-9(18)20-11-7-12(19)17(8-11)14-16-15-13(21-14)10-5-3-2-4-6-10/h10-11H,2-8H2,1H3. The van der Waals surface area contributed by atoms with Crippen molar-refractivity contribution in [2.45, 2.75) is 56.6 Å². The van der Waals surface area contributed by atoms with Crippen LogP contribution in [0.25, 0.3) is 0 Å². The summed E-state index contributed by atoms with van der Waals surface area (Å²) in [5, 5.41) is 10.4. The molecule has 114 valence electrons. The molecule has 1 aliphatic heterocycles. The average Bonchev–Trinajstić information content (AvgIpc) is 3.06. The molecule has 1 atom stereocenters. The van der Waals surface area contributed by atoms with Crippen molar-refractivity contribution < 1.29 is 9.59 Å². The van der Waals surface area contributed by atoms with E-state index in [1.165, 1.54) is 43.9 Å². The molecule has 1 aliphatic carbocycles. The molecule has 5 nitrogen and oxygen atoms in total. The van der Waals surface area contributed by atoms with Crippen LogP contribution in [0.2, 0.25) is 0 Å². The second kappa shape index (κ2) is 6.44. The lowest BCUT2D eigenvalue weighted by atomic mass is 9.90. The first-order valence-electron chi connectivity index (χ1n) is 7.44. The fourth-order valence-electron chi connectivity index (χ4n) is 3.02. The monoisotopic (exact) mass is 325 g/mol. The molecule has 0 aromatic carbocycles. The molecule has 21 heavy (non-hydrogen) atoms. The Bertz CT molecular complexity index is 540. The highest BCUT2D eigenvalue weighted by Crippen LogP contribution is 2.37. The molecular formula is C14H19N3O2S2. The number of aromatic nitrogens is 2. The van der Waals surface area contributed by atoms with Crippen molar-refractivity contribution in [1.82, 2.24) is 10.2 Å². The normalized spacial score (nSPS) is 23.8. The van der Waals surface area contributed by atoms with E-state index in [-0.39, 0.29) is 16.3 Å². The SMILES string of the molecule is CC(=O)SC1CC(=O)N(c2nnc(C3CCCCC3)s2)C1. The van der Waals surface area contributed by atoms with E-state index < -0.39 is 0 Å². The van der Waals surface area contributed by atoms with Crippen molar-refractivity contribution in [2.75, 3.05) is 11.4 Å². The van der Waals surface area contributed by atoms with Gasteiger partial charge in [0.15, 0.2) is 5.12 Å². The van der Waals surface area contributed by atoms with Crippen LogP contribution in [0.5, 0.6) is 0 Å². The number of nitrogens with zero attached hydrogens (tertiary/aromatic N) is 3. The van der Waals surface area contributed by atoms with Gasteiger partial charge in [-0.1, -0.05) is 42.4 Å². The van der Waals surface area contributed by atoms with E-state index >= 15 is 0 Å². The molecule has 1 aromatic heterocycles. The van der Waals surface area contributed by atoms with Gasteiger partial charge in [-0.2, -0.15) is 0 Å². The van der Waals surface area contributed by atoms with Crippen molar-refractivity contribution in [2.24, 2.45) is 0 Å². The lowest BCUT2D eigenvalue weighted by molar-refractivity contribution is -0.117. The molecule has 0 N–H and O–H groups in total. The summed E-state index contributed by atoms with van der Waals surface area (Å²) in [6, 6.07) is 0. The van der Waals surface area contributed by atoms with Gasteiger partial charge in [-0.15, -0.1) is 10.2 Å². The number of hydrogen-bond acceptors (Lipinski definition) is 6. The van der Waals surface area contributed by atoms with Crippen molar-refractivity contribution in [3.8, 4) is 0 Å². The third kappa shape index (κ3) is 3.45. The first-order chi connectivity index (χ1) is 10.1. The molecule has 7 heteroatoms. The van der Waals surface area contributed by atoms with Crippen molar-refractivity contribution >= 4 is 39.3 Å². The summed E-state index contributed by atoms with van der Waals surface area (Å²) in [5.74, 6) is 0.574. The highest BCUT2D eigenvalue weighted by Gasteiger charge is 2.34. The number of hydrogen-bond donors (Lipinski definition) is 0. The predicted octanol–water partition coefficient (Wildman–Crippen LogP) is 2.97. The van der Waals surface area contributed by atoms with Crippen LogP contribution in [0.3, 0.4) is 0 Å². The van der Waals surface area contributed by atoms with Gasteiger partial charge in [-0.25, -0.2) is 0 Å². The molecule has 2 fully saturated rings. The van der Waals surface area contributed by atoms with Crippen LogP contribution in [0.15, 0.2) is 0 Å². The lowest BCUT2D eigenvalue weighted by Gasteiger charge is -2.18. The summed E-state index contributed by atoms with van der Waals surface area (Å²) in [7, 11) is 0. The third-order valence-electron chi connectivity index (χ3n) is 4.04. The van der Waals surface area contributed by atoms with E-state index in [4.69, 9.17) is 0 Å². The molecule has 1 unspecified atom stereocenters. The third-order valence-corrected chi connectivity index (χ3v) is 6.13. The fourth-order valence-corrected chi connectivity index (χ4v) is 4.98. The average molecular weight is 325 g/mol. The Morgan fingerprint density at radius 1 is 1.29 bits per heavy atom. The molecule has 0 spiro atoms. The minimum Gasteiger partial charge on any atom is -0.288 e. The second-order valence-electron chi connectivity index (χ2n) is 5.70. The van der Waals surface area contributed by atoms with Gasteiger partial charge in [-0.05, 0) is 12.8 Å². The van der Waals surface area contributed by atoms with Gasteiger partial charge in [0.1, 0.15) is 5.01 Å². The number of carbonyl (C=O) groups is 2. The number of rotatable bonds is 3. The minimum atomic E-state index is 0.0528. The Morgan fingerprint density at radius 2 is 2.05 bits per heavy atom. The van der Waals surface area contributed by atoms with Gasteiger partial charge < -0.3 is 0 Å². The van der Waals surface area contributed by atoms with Gasteiger partial charge in [-0.3, -0.25) is 14.5 Å². The van der Waals surface area contributed by atoms with Crippen LogP contribution in [0.4, 0.5) is 5.13 Å². The maximum absolute atomic E-state index is 12.1. The van der Waals surface area contributed by atoms with Gasteiger partial charge in [0.05, 0.1) is 0 Å². The Hall–Kier alpha value is -0.950. The van der Waals surface area contributed by atoms with E-state index in [1.807, 2.05) is 0 Å². The summed E-state index contributed by atoms with van der Waals surface area (Å²) >= 11 is 2.80. The molecule has 1 aromatic rings. The molecule has 2 aliphatic rings. The van der Waals surface area contributed by atoms with Crippen LogP contribution in [0.1, 0.15) is 56.4 Å². The summed E-state index contributed by atoms with van der Waals surface area (Å²) in [4.78, 5) is 25.0. The fraction of sp³-hybridized carbons (Fsp3) is 0.714. The first kappa shape index (κ1) is 15.0. The minimum absolute atomic E-state index is 0.0528. The number of carbonyl (C=O) groups excluding carboxylic acids is 2. The number of anilines is 1. The molecule has 3 rings (SSSR count). The molecule has 0 bridgehead atoms. The van der Waals surface area contributed by atoms with E-state index in [0.717, 1.165) is 5.01 Å². The summed E-state index contributed by atoms with van der Waals surface area (Å²) in [6.07, 6.45) is 6.63. The predicted molar refractivity (Wildman–Crippen MR) is 84.8 cm³/mol. The number of thioether (sulfide) groups is 1. The van der Waals surface area contributed by atoms with Gasteiger partial charge >= 0.3 is 0 Å². The molecule has 1 amide bonds. The number of amides is 1. The van der Waals surface area contributed by atoms with Gasteiger partial charge in [0.2, 0.25) is 11.0 Å². The molecule has 0 radical (unpaired) electrons. The molecule has 1 saturated heterocycles. The highest BCUT2D eigenvalue weighted by molar-refractivity contribution is 8.14. The van der Waals surface area contributed by atoms with Crippen LogP contribution in [-0.2, 0) is 9.59 Å². The highest BCUT2D eigenvalue weighted by atomic mass is 32.2. The Balaban J connectivity index is 1.68. The summed E-state index contributed by atoms with van der Waals surface area (Å²) in [5.41, 5.74) is 0. The largest absolute Gasteiger partial charge is 0.288 e. The van der Waals surface area contributed by atoms with Crippen LogP contribution in [-0.4, -0.2) is 33.0 Å². The topological polar surface area (TPSA) is 63.2 Å². The quantitative estimate of drug-likeness (QED) is 0.855. The van der Waals surface area contributed by atoms with Crippen molar-refractivity contribution in [3.63, 3.8) is 0 Å². The lowest BCUT2D eigenvalue weighted by Crippen LogP contribution is -2.24. The zero-order valence-electron chi connectivity index (χ0n) is 12.1. The molecule has 1 saturated carbocycles.